The largest absolute Gasteiger partial charge is 0.337 e. The summed E-state index contributed by atoms with van der Waals surface area (Å²) in [6, 6.07) is 1.99. The Morgan fingerprint density at radius 3 is 2.89 bits per heavy atom. The van der Waals surface area contributed by atoms with E-state index >= 15 is 0 Å². The fourth-order valence-corrected chi connectivity index (χ4v) is 4.49. The van der Waals surface area contributed by atoms with E-state index in [0.717, 1.165) is 41.7 Å². The number of hydrogen-bond donors (Lipinski definition) is 2. The molecule has 1 atom stereocenters. The lowest BCUT2D eigenvalue weighted by Gasteiger charge is -2.32. The number of nitrogens with zero attached hydrogens (tertiary/aromatic N) is 5. The maximum Gasteiger partial charge on any atom is 0.331 e. The number of fused-ring (bicyclic) bond motifs is 3. The summed E-state index contributed by atoms with van der Waals surface area (Å²) in [5.41, 5.74) is 1.88. The molecule has 1 saturated carbocycles. The van der Waals surface area contributed by atoms with Crippen LogP contribution in [0.2, 0.25) is 0 Å². The number of amidine groups is 1. The number of imidazole rings is 1. The van der Waals surface area contributed by atoms with Crippen molar-refractivity contribution in [1.82, 2.24) is 25.1 Å². The molecule has 142 valence electrons. The van der Waals surface area contributed by atoms with E-state index < -0.39 is 0 Å². The SMILES string of the molecule is CCCN1C(=O)N2CC(Cc3cc[nH]n3)N=C2c2[nH]c(C3CCCC3)nc21. The molecule has 2 amide bonds. The molecule has 2 aromatic heterocycles. The fraction of sp³-hybridized carbons (Fsp3) is 0.579. The molecule has 5 rings (SSSR count). The second-order valence-corrected chi connectivity index (χ2v) is 7.72. The minimum Gasteiger partial charge on any atom is -0.337 e. The standard InChI is InChI=1S/C19H25N7O/c1-2-9-25-18-15(22-16(23-18)12-5-3-4-6-12)17-21-14(11-26(17)19(25)27)10-13-7-8-20-24-13/h7-8,12,14H,2-6,9-11H2,1H3,(H,20,24)(H,22,23). The number of amides is 2. The van der Waals surface area contributed by atoms with Gasteiger partial charge in [0.1, 0.15) is 11.5 Å². The van der Waals surface area contributed by atoms with Gasteiger partial charge in [-0.1, -0.05) is 19.8 Å². The van der Waals surface area contributed by atoms with Crippen LogP contribution in [0.5, 0.6) is 0 Å². The molecule has 27 heavy (non-hydrogen) atoms. The van der Waals surface area contributed by atoms with Gasteiger partial charge < -0.3 is 4.98 Å². The number of aliphatic imine (C=N–C) groups is 1. The smallest absolute Gasteiger partial charge is 0.331 e. The van der Waals surface area contributed by atoms with E-state index in [1.165, 1.54) is 25.7 Å². The summed E-state index contributed by atoms with van der Waals surface area (Å²) in [4.78, 5) is 30.1. The van der Waals surface area contributed by atoms with Crippen LogP contribution in [0, 0.1) is 0 Å². The van der Waals surface area contributed by atoms with Crippen molar-refractivity contribution in [2.75, 3.05) is 18.0 Å². The van der Waals surface area contributed by atoms with Crippen LogP contribution < -0.4 is 4.90 Å². The third-order valence-electron chi connectivity index (χ3n) is 5.79. The molecule has 3 aliphatic rings. The van der Waals surface area contributed by atoms with Crippen LogP contribution in [-0.2, 0) is 6.42 Å². The van der Waals surface area contributed by atoms with Crippen molar-refractivity contribution >= 4 is 17.7 Å². The molecular weight excluding hydrogens is 342 g/mol. The van der Waals surface area contributed by atoms with Gasteiger partial charge in [-0.2, -0.15) is 5.10 Å². The molecule has 2 aliphatic heterocycles. The highest BCUT2D eigenvalue weighted by atomic mass is 16.2. The predicted molar refractivity (Wildman–Crippen MR) is 102 cm³/mol. The average molecular weight is 367 g/mol. The molecule has 8 heteroatoms. The van der Waals surface area contributed by atoms with Crippen LogP contribution in [0.15, 0.2) is 17.3 Å². The van der Waals surface area contributed by atoms with E-state index in [1.807, 2.05) is 22.1 Å². The molecule has 0 radical (unpaired) electrons. The Labute approximate surface area is 158 Å². The number of rotatable bonds is 5. The first-order valence-corrected chi connectivity index (χ1v) is 10.0. The minimum absolute atomic E-state index is 0.00269. The Balaban J connectivity index is 1.51. The molecule has 0 aromatic carbocycles. The van der Waals surface area contributed by atoms with Gasteiger partial charge in [-0.15, -0.1) is 0 Å². The maximum absolute atomic E-state index is 13.1. The second kappa shape index (κ2) is 6.51. The lowest BCUT2D eigenvalue weighted by molar-refractivity contribution is 0.226. The summed E-state index contributed by atoms with van der Waals surface area (Å²) in [7, 11) is 0. The zero-order chi connectivity index (χ0) is 18.4. The summed E-state index contributed by atoms with van der Waals surface area (Å²) in [6.07, 6.45) is 8.30. The van der Waals surface area contributed by atoms with Crippen molar-refractivity contribution in [3.8, 4) is 0 Å². The van der Waals surface area contributed by atoms with Gasteiger partial charge in [-0.25, -0.2) is 9.78 Å². The van der Waals surface area contributed by atoms with E-state index in [-0.39, 0.29) is 12.1 Å². The molecule has 0 bridgehead atoms. The van der Waals surface area contributed by atoms with Gasteiger partial charge >= 0.3 is 6.03 Å². The third-order valence-corrected chi connectivity index (χ3v) is 5.79. The number of carbonyl (C=O) groups excluding carboxylic acids is 1. The summed E-state index contributed by atoms with van der Waals surface area (Å²) >= 11 is 0. The monoisotopic (exact) mass is 367 g/mol. The Morgan fingerprint density at radius 2 is 2.15 bits per heavy atom. The highest BCUT2D eigenvalue weighted by Crippen LogP contribution is 2.37. The minimum atomic E-state index is -0.00269. The number of nitrogens with one attached hydrogen (secondary N) is 2. The zero-order valence-corrected chi connectivity index (χ0v) is 15.6. The number of H-pyrrole nitrogens is 2. The van der Waals surface area contributed by atoms with E-state index in [4.69, 9.17) is 9.98 Å². The first kappa shape index (κ1) is 16.5. The summed E-state index contributed by atoms with van der Waals surface area (Å²) < 4.78 is 0. The van der Waals surface area contributed by atoms with Crippen molar-refractivity contribution in [3.05, 3.63) is 29.5 Å². The molecular formula is C19H25N7O. The van der Waals surface area contributed by atoms with Gasteiger partial charge in [-0.3, -0.25) is 19.9 Å². The van der Waals surface area contributed by atoms with Gasteiger partial charge in [0, 0.05) is 25.1 Å². The van der Waals surface area contributed by atoms with Crippen LogP contribution in [0.3, 0.4) is 0 Å². The van der Waals surface area contributed by atoms with Crippen LogP contribution in [-0.4, -0.2) is 56.1 Å². The summed E-state index contributed by atoms with van der Waals surface area (Å²) in [5, 5.41) is 7.08. The normalized spacial score (nSPS) is 22.3. The number of anilines is 1. The summed E-state index contributed by atoms with van der Waals surface area (Å²) in [6.45, 7) is 3.36. The summed E-state index contributed by atoms with van der Waals surface area (Å²) in [5.74, 6) is 3.01. The van der Waals surface area contributed by atoms with Crippen molar-refractivity contribution < 1.29 is 4.79 Å². The zero-order valence-electron chi connectivity index (χ0n) is 15.6. The highest BCUT2D eigenvalue weighted by molar-refractivity contribution is 6.18. The number of aromatic nitrogens is 4. The van der Waals surface area contributed by atoms with Crippen molar-refractivity contribution in [3.63, 3.8) is 0 Å². The van der Waals surface area contributed by atoms with Crippen LogP contribution in [0.1, 0.15) is 62.2 Å². The van der Waals surface area contributed by atoms with E-state index in [1.54, 1.807) is 0 Å². The van der Waals surface area contributed by atoms with Crippen LogP contribution >= 0.6 is 0 Å². The van der Waals surface area contributed by atoms with Crippen molar-refractivity contribution in [2.24, 2.45) is 4.99 Å². The molecule has 2 N–H and O–H groups in total. The number of urea groups is 1. The molecule has 2 aromatic rings. The number of carbonyl (C=O) groups is 1. The lowest BCUT2D eigenvalue weighted by atomic mass is 10.1. The first-order valence-electron chi connectivity index (χ1n) is 10.0. The lowest BCUT2D eigenvalue weighted by Crippen LogP contribution is -2.50. The van der Waals surface area contributed by atoms with Gasteiger partial charge in [0.05, 0.1) is 18.3 Å². The van der Waals surface area contributed by atoms with Gasteiger partial charge in [-0.05, 0) is 25.3 Å². The molecule has 1 aliphatic carbocycles. The van der Waals surface area contributed by atoms with E-state index in [0.29, 0.717) is 19.0 Å². The number of aromatic amines is 2. The number of hydrogen-bond acceptors (Lipinski definition) is 4. The van der Waals surface area contributed by atoms with Gasteiger partial charge in [0.25, 0.3) is 0 Å². The average Bonchev–Trinajstić information content (AvgIpc) is 3.44. The van der Waals surface area contributed by atoms with Gasteiger partial charge in [0.15, 0.2) is 11.7 Å². The fourth-order valence-electron chi connectivity index (χ4n) is 4.49. The Bertz CT molecular complexity index is 863. The van der Waals surface area contributed by atoms with E-state index in [9.17, 15) is 4.79 Å². The topological polar surface area (TPSA) is 93.3 Å². The van der Waals surface area contributed by atoms with Crippen molar-refractivity contribution in [1.29, 1.82) is 0 Å². The molecule has 4 heterocycles. The maximum atomic E-state index is 13.1. The predicted octanol–water partition coefficient (Wildman–Crippen LogP) is 2.81. The molecule has 1 fully saturated rings. The van der Waals surface area contributed by atoms with Crippen LogP contribution in [0.25, 0.3) is 0 Å². The quantitative estimate of drug-likeness (QED) is 0.851. The van der Waals surface area contributed by atoms with Gasteiger partial charge in [0.2, 0.25) is 0 Å². The Kier molecular flexibility index (Phi) is 3.98. The molecule has 0 spiro atoms. The van der Waals surface area contributed by atoms with E-state index in [2.05, 4.69) is 22.1 Å². The van der Waals surface area contributed by atoms with Crippen molar-refractivity contribution in [2.45, 2.75) is 57.4 Å². The molecule has 0 saturated heterocycles. The molecule has 1 unspecified atom stereocenters. The second-order valence-electron chi connectivity index (χ2n) is 7.72. The Morgan fingerprint density at radius 1 is 1.30 bits per heavy atom. The highest BCUT2D eigenvalue weighted by Gasteiger charge is 2.42. The Hall–Kier alpha value is -2.64. The third kappa shape index (κ3) is 2.74. The first-order chi connectivity index (χ1) is 13.2. The molecule has 8 nitrogen and oxygen atoms in total. The van der Waals surface area contributed by atoms with Crippen LogP contribution in [0.4, 0.5) is 10.6 Å².